The highest BCUT2D eigenvalue weighted by Gasteiger charge is 2.62. The highest BCUT2D eigenvalue weighted by molar-refractivity contribution is 6.58. The number of hydrogen-bond acceptors (Lipinski definition) is 6. The van der Waals surface area contributed by atoms with Crippen LogP contribution in [0.2, 0.25) is 0 Å². The van der Waals surface area contributed by atoms with Crippen LogP contribution < -0.4 is 0 Å². The van der Waals surface area contributed by atoms with E-state index >= 15 is 0 Å². The molecule has 10 nitrogen and oxygen atoms in total. The number of carboxylic acid groups (broad SMARTS) is 1. The fourth-order valence-electron chi connectivity index (χ4n) is 6.18. The van der Waals surface area contributed by atoms with E-state index in [2.05, 4.69) is 15.1 Å². The predicted octanol–water partition coefficient (Wildman–Crippen LogP) is 4.25. The molecule has 0 unspecified atom stereocenters. The van der Waals surface area contributed by atoms with Gasteiger partial charge in [0.15, 0.2) is 12.5 Å². The molecule has 3 aliphatic heterocycles. The van der Waals surface area contributed by atoms with E-state index in [1.165, 1.54) is 23.1 Å². The number of aromatic hydroxyl groups is 1. The summed E-state index contributed by atoms with van der Waals surface area (Å²) in [6, 6.07) is 11.1. The van der Waals surface area contributed by atoms with Crippen LogP contribution in [0.4, 0.5) is 14.9 Å². The molecule has 202 valence electrons. The van der Waals surface area contributed by atoms with Crippen molar-refractivity contribution in [3.05, 3.63) is 59.4 Å². The summed E-state index contributed by atoms with van der Waals surface area (Å²) in [5.74, 6) is -0.939. The standard InChI is InChI=1S/C28H28FN5O5/c1-27(2,3)28-11-16(12-34(28)26(37)38)33(14-28)21(35)13-39-32-23-17-6-4-5-7-19(17)30-24(23)22-18-10-15(29)8-9-20(18)31-25(22)36/h4-10,16,31,36H,11-14H2,1-3H3,(H,37,38)/b32-23+/t16-,28+/m0/s1. The molecule has 2 bridgehead atoms. The molecule has 2 aromatic carbocycles. The number of aromatic nitrogens is 1. The Morgan fingerprint density at radius 1 is 1.26 bits per heavy atom. The molecule has 0 saturated carbocycles. The Balaban J connectivity index is 1.27. The minimum Gasteiger partial charge on any atom is -0.494 e. The number of benzene rings is 2. The number of oxime groups is 1. The first-order chi connectivity index (χ1) is 18.5. The molecule has 3 aromatic rings. The first-order valence-corrected chi connectivity index (χ1v) is 12.7. The Labute approximate surface area is 223 Å². The number of aliphatic imine (C=N–C) groups is 1. The van der Waals surface area contributed by atoms with E-state index in [-0.39, 0.29) is 48.5 Å². The first-order valence-electron chi connectivity index (χ1n) is 12.7. The second-order valence-corrected chi connectivity index (χ2v) is 11.3. The van der Waals surface area contributed by atoms with Crippen LogP contribution in [0.1, 0.15) is 38.3 Å². The first kappa shape index (κ1) is 24.9. The lowest BCUT2D eigenvalue weighted by atomic mass is 9.73. The van der Waals surface area contributed by atoms with Crippen LogP contribution in [-0.4, -0.2) is 79.7 Å². The van der Waals surface area contributed by atoms with Crippen LogP contribution in [0, 0.1) is 11.2 Å². The van der Waals surface area contributed by atoms with Crippen molar-refractivity contribution in [1.29, 1.82) is 0 Å². The number of piperazine rings is 1. The third kappa shape index (κ3) is 3.75. The number of hydrogen-bond donors (Lipinski definition) is 3. The number of H-pyrrole nitrogens is 1. The van der Waals surface area contributed by atoms with E-state index in [4.69, 9.17) is 4.84 Å². The molecule has 0 radical (unpaired) electrons. The third-order valence-corrected chi connectivity index (χ3v) is 8.24. The monoisotopic (exact) mass is 533 g/mol. The fourth-order valence-corrected chi connectivity index (χ4v) is 6.18. The largest absolute Gasteiger partial charge is 0.494 e. The number of nitrogens with one attached hydrogen (secondary N) is 1. The summed E-state index contributed by atoms with van der Waals surface area (Å²) in [6.45, 7) is 6.17. The molecule has 6 rings (SSSR count). The van der Waals surface area contributed by atoms with Crippen LogP contribution in [0.25, 0.3) is 10.9 Å². The van der Waals surface area contributed by atoms with Gasteiger partial charge >= 0.3 is 6.09 Å². The van der Waals surface area contributed by atoms with Crippen molar-refractivity contribution in [1.82, 2.24) is 14.8 Å². The summed E-state index contributed by atoms with van der Waals surface area (Å²) in [5.41, 5.74) is 1.63. The van der Waals surface area contributed by atoms with Crippen molar-refractivity contribution in [2.75, 3.05) is 19.7 Å². The second-order valence-electron chi connectivity index (χ2n) is 11.3. The number of amides is 2. The van der Waals surface area contributed by atoms with E-state index in [1.54, 1.807) is 17.0 Å². The molecule has 2 amide bonds. The maximum absolute atomic E-state index is 14.1. The Morgan fingerprint density at radius 2 is 2.03 bits per heavy atom. The summed E-state index contributed by atoms with van der Waals surface area (Å²) < 4.78 is 14.1. The number of carbonyl (C=O) groups is 2. The average Bonchev–Trinajstić information content (AvgIpc) is 3.62. The summed E-state index contributed by atoms with van der Waals surface area (Å²) in [7, 11) is 0. The summed E-state index contributed by atoms with van der Waals surface area (Å²) >= 11 is 0. The Morgan fingerprint density at radius 3 is 2.77 bits per heavy atom. The zero-order chi connectivity index (χ0) is 27.7. The van der Waals surface area contributed by atoms with Gasteiger partial charge in [-0.05, 0) is 36.1 Å². The van der Waals surface area contributed by atoms with E-state index < -0.39 is 17.4 Å². The molecule has 11 heteroatoms. The zero-order valence-corrected chi connectivity index (χ0v) is 21.7. The van der Waals surface area contributed by atoms with Crippen molar-refractivity contribution in [3.8, 4) is 5.88 Å². The molecule has 3 N–H and O–H groups in total. The second kappa shape index (κ2) is 8.55. The summed E-state index contributed by atoms with van der Waals surface area (Å²) in [5, 5.41) is 25.2. The van der Waals surface area contributed by atoms with Crippen LogP contribution in [-0.2, 0) is 9.63 Å². The van der Waals surface area contributed by atoms with Crippen molar-refractivity contribution >= 4 is 40.0 Å². The van der Waals surface area contributed by atoms with Crippen LogP contribution in [0.15, 0.2) is 52.6 Å². The molecule has 0 aliphatic carbocycles. The molecular formula is C28H28FN5O5. The molecule has 0 spiro atoms. The smallest absolute Gasteiger partial charge is 0.407 e. The average molecular weight is 534 g/mol. The quantitative estimate of drug-likeness (QED) is 0.432. The van der Waals surface area contributed by atoms with E-state index in [1.807, 2.05) is 32.9 Å². The van der Waals surface area contributed by atoms with E-state index in [9.17, 15) is 24.2 Å². The van der Waals surface area contributed by atoms with Gasteiger partial charge in [-0.3, -0.25) is 9.69 Å². The molecule has 39 heavy (non-hydrogen) atoms. The van der Waals surface area contributed by atoms with Gasteiger partial charge in [0.1, 0.15) is 17.2 Å². The molecular weight excluding hydrogens is 505 g/mol. The Kier molecular flexibility index (Phi) is 5.46. The molecule has 4 heterocycles. The summed E-state index contributed by atoms with van der Waals surface area (Å²) in [6.07, 6.45) is -0.404. The van der Waals surface area contributed by atoms with Gasteiger partial charge in [0, 0.05) is 29.6 Å². The van der Waals surface area contributed by atoms with Crippen molar-refractivity contribution < 1.29 is 29.0 Å². The van der Waals surface area contributed by atoms with Gasteiger partial charge in [-0.2, -0.15) is 0 Å². The Hall–Kier alpha value is -4.41. The van der Waals surface area contributed by atoms with Gasteiger partial charge in [0.25, 0.3) is 5.91 Å². The lowest BCUT2D eigenvalue weighted by Gasteiger charge is -2.48. The molecule has 1 aromatic heterocycles. The maximum Gasteiger partial charge on any atom is 0.407 e. The SMILES string of the molecule is CC(C)(C)[C@]12C[C@@H](CN1C(=O)O)N(C(=O)CO/N=C1/C(c3c(O)[nH]c4ccc(F)cc34)=Nc3ccccc31)C2. The van der Waals surface area contributed by atoms with Crippen molar-refractivity contribution in [2.24, 2.45) is 15.6 Å². The van der Waals surface area contributed by atoms with Crippen LogP contribution in [0.5, 0.6) is 5.88 Å². The number of aromatic amines is 1. The number of halogens is 1. The van der Waals surface area contributed by atoms with Crippen LogP contribution in [0.3, 0.4) is 0 Å². The lowest BCUT2D eigenvalue weighted by Crippen LogP contribution is -2.62. The third-order valence-electron chi connectivity index (χ3n) is 8.24. The molecule has 2 atom stereocenters. The number of para-hydroxylation sites is 1. The normalized spacial score (nSPS) is 23.0. The van der Waals surface area contributed by atoms with Gasteiger partial charge in [-0.1, -0.05) is 44.1 Å². The highest BCUT2D eigenvalue weighted by Crippen LogP contribution is 2.50. The van der Waals surface area contributed by atoms with Gasteiger partial charge in [0.2, 0.25) is 0 Å². The molecule has 2 fully saturated rings. The maximum atomic E-state index is 14.1. The Bertz CT molecular complexity index is 1590. The summed E-state index contributed by atoms with van der Waals surface area (Å²) in [4.78, 5) is 41.3. The minimum atomic E-state index is -0.977. The predicted molar refractivity (Wildman–Crippen MR) is 142 cm³/mol. The van der Waals surface area contributed by atoms with Crippen molar-refractivity contribution in [2.45, 2.75) is 38.8 Å². The molecule has 3 aliphatic rings. The van der Waals surface area contributed by atoms with Crippen molar-refractivity contribution in [3.63, 3.8) is 0 Å². The number of nitrogens with zero attached hydrogens (tertiary/aromatic N) is 4. The van der Waals surface area contributed by atoms with Gasteiger partial charge in [-0.15, -0.1) is 0 Å². The molecule has 2 saturated heterocycles. The van der Waals surface area contributed by atoms with Gasteiger partial charge in [0.05, 0.1) is 22.8 Å². The highest BCUT2D eigenvalue weighted by atomic mass is 19.1. The zero-order valence-electron chi connectivity index (χ0n) is 21.7. The van der Waals surface area contributed by atoms with Crippen LogP contribution >= 0.6 is 0 Å². The fraction of sp³-hybridized carbons (Fsp3) is 0.357. The lowest BCUT2D eigenvalue weighted by molar-refractivity contribution is -0.140. The number of rotatable bonds is 4. The van der Waals surface area contributed by atoms with Gasteiger partial charge in [-0.25, -0.2) is 14.2 Å². The van der Waals surface area contributed by atoms with E-state index in [0.29, 0.717) is 40.0 Å². The number of carbonyl (C=O) groups excluding carboxylic acids is 1. The minimum absolute atomic E-state index is 0.186. The number of fused-ring (bicyclic) bond motifs is 4. The number of likely N-dealkylation sites (tertiary alicyclic amines) is 2. The van der Waals surface area contributed by atoms with Gasteiger partial charge < -0.3 is 24.9 Å². The topological polar surface area (TPSA) is 131 Å². The van der Waals surface area contributed by atoms with E-state index in [0.717, 1.165) is 0 Å².